The second-order valence-corrected chi connectivity index (χ2v) is 5.65. The number of amides is 2. The first-order valence-corrected chi connectivity index (χ1v) is 7.52. The van der Waals surface area contributed by atoms with Crippen LogP contribution in [0.2, 0.25) is 5.02 Å². The summed E-state index contributed by atoms with van der Waals surface area (Å²) in [7, 11) is 1.23. The molecule has 1 aromatic rings. The number of nitrogens with zero attached hydrogens (tertiary/aromatic N) is 4. The minimum Gasteiger partial charge on any atom is -0.394 e. The van der Waals surface area contributed by atoms with Gasteiger partial charge in [0, 0.05) is 24.9 Å². The Hall–Kier alpha value is -2.16. The molecule has 11 heteroatoms. The summed E-state index contributed by atoms with van der Waals surface area (Å²) in [6.07, 6.45) is -0.882. The number of alkyl halides is 2. The van der Waals surface area contributed by atoms with Crippen LogP contribution < -0.4 is 5.32 Å². The molecule has 0 aliphatic rings. The summed E-state index contributed by atoms with van der Waals surface area (Å²) in [5, 5.41) is 14.3. The summed E-state index contributed by atoms with van der Waals surface area (Å²) in [6, 6.07) is 2.13. The van der Waals surface area contributed by atoms with Crippen LogP contribution in [0.4, 0.5) is 18.0 Å². The van der Waals surface area contributed by atoms with E-state index in [2.05, 4.69) is 15.3 Å². The van der Waals surface area contributed by atoms with Crippen molar-refractivity contribution in [2.45, 2.75) is 24.9 Å². The van der Waals surface area contributed by atoms with Gasteiger partial charge in [-0.15, -0.1) is 0 Å². The van der Waals surface area contributed by atoms with Gasteiger partial charge in [0.05, 0.1) is 24.2 Å². The molecule has 1 unspecified atom stereocenters. The van der Waals surface area contributed by atoms with Crippen LogP contribution in [-0.4, -0.2) is 48.2 Å². The molecular weight excluding hydrogens is 363 g/mol. The van der Waals surface area contributed by atoms with Crippen molar-refractivity contribution in [2.75, 3.05) is 20.2 Å². The molecular formula is C14H17ClF3N5O2. The molecule has 0 fully saturated rings. The Morgan fingerprint density at radius 1 is 1.56 bits per heavy atom. The normalized spacial score (nSPS) is 12.2. The minimum atomic E-state index is -3.37. The molecule has 0 spiro atoms. The fraction of sp³-hybridized carbons (Fsp3) is 0.500. The average molecular weight is 380 g/mol. The molecule has 2 amide bonds. The van der Waals surface area contributed by atoms with Crippen molar-refractivity contribution in [1.29, 1.82) is 0 Å². The molecule has 0 saturated heterocycles. The Labute approximate surface area is 147 Å². The van der Waals surface area contributed by atoms with Crippen LogP contribution in [0.25, 0.3) is 10.4 Å². The van der Waals surface area contributed by atoms with Crippen molar-refractivity contribution in [2.24, 2.45) is 5.11 Å². The molecule has 0 heterocycles. The van der Waals surface area contributed by atoms with Crippen LogP contribution in [0.15, 0.2) is 23.3 Å². The van der Waals surface area contributed by atoms with Gasteiger partial charge in [-0.1, -0.05) is 28.8 Å². The van der Waals surface area contributed by atoms with E-state index in [9.17, 15) is 23.1 Å². The number of carbonyl (C=O) groups excluding carboxylic acids is 1. The van der Waals surface area contributed by atoms with Crippen LogP contribution in [0.3, 0.4) is 0 Å². The summed E-state index contributed by atoms with van der Waals surface area (Å²) < 4.78 is 40.6. The third kappa shape index (κ3) is 6.33. The number of likely N-dealkylation sites (N-methyl/N-ethyl adjacent to an activating group) is 1. The fourth-order valence-corrected chi connectivity index (χ4v) is 2.21. The second kappa shape index (κ2) is 9.36. The van der Waals surface area contributed by atoms with Crippen molar-refractivity contribution < 1.29 is 23.1 Å². The first kappa shape index (κ1) is 20.9. The monoisotopic (exact) mass is 379 g/mol. The smallest absolute Gasteiger partial charge is 0.317 e. The summed E-state index contributed by atoms with van der Waals surface area (Å²) in [5.41, 5.74) is 8.42. The number of carbonyl (C=O) groups is 1. The summed E-state index contributed by atoms with van der Waals surface area (Å²) >= 11 is 5.76. The quantitative estimate of drug-likeness (QED) is 0.411. The average Bonchev–Trinajstić information content (AvgIpc) is 2.58. The lowest BCUT2D eigenvalue weighted by molar-refractivity contribution is -0.0250. The number of aliphatic hydroxyl groups excluding tert-OH is 1. The van der Waals surface area contributed by atoms with Gasteiger partial charge in [0.2, 0.25) is 0 Å². The number of nitrogens with one attached hydrogen (secondary N) is 1. The Kier molecular flexibility index (Phi) is 7.82. The number of urea groups is 1. The van der Waals surface area contributed by atoms with Crippen LogP contribution in [0.1, 0.15) is 12.0 Å². The third-order valence-corrected chi connectivity index (χ3v) is 3.86. The molecule has 1 rings (SSSR count). The summed E-state index contributed by atoms with van der Waals surface area (Å²) in [6.45, 7) is -1.90. The predicted molar refractivity (Wildman–Crippen MR) is 85.9 cm³/mol. The SMILES string of the molecule is CN(C(=O)NCc1cccc(F)c1Cl)C(CO)CC(F)(F)CN=[N+]=[N-]. The molecule has 7 nitrogen and oxygen atoms in total. The summed E-state index contributed by atoms with van der Waals surface area (Å²) in [4.78, 5) is 15.2. The molecule has 1 aromatic carbocycles. The van der Waals surface area contributed by atoms with E-state index < -0.39 is 43.4 Å². The highest BCUT2D eigenvalue weighted by atomic mass is 35.5. The molecule has 0 radical (unpaired) electrons. The molecule has 0 bridgehead atoms. The number of hydrogen-bond acceptors (Lipinski definition) is 3. The van der Waals surface area contributed by atoms with Gasteiger partial charge in [0.1, 0.15) is 5.82 Å². The number of rotatable bonds is 8. The molecule has 25 heavy (non-hydrogen) atoms. The van der Waals surface area contributed by atoms with Gasteiger partial charge in [-0.25, -0.2) is 18.0 Å². The maximum atomic E-state index is 13.6. The Bertz CT molecular complexity index is 655. The zero-order valence-electron chi connectivity index (χ0n) is 13.3. The number of aliphatic hydroxyl groups is 1. The summed E-state index contributed by atoms with van der Waals surface area (Å²) in [5.74, 6) is -4.02. The topological polar surface area (TPSA) is 101 Å². The second-order valence-electron chi connectivity index (χ2n) is 5.27. The zero-order chi connectivity index (χ0) is 19.0. The predicted octanol–water partition coefficient (Wildman–Crippen LogP) is 3.32. The lowest BCUT2D eigenvalue weighted by Crippen LogP contribution is -2.47. The Morgan fingerprint density at radius 2 is 2.24 bits per heavy atom. The van der Waals surface area contributed by atoms with E-state index in [0.717, 1.165) is 11.0 Å². The number of hydrogen-bond donors (Lipinski definition) is 2. The van der Waals surface area contributed by atoms with Crippen molar-refractivity contribution in [3.8, 4) is 0 Å². The molecule has 0 saturated carbocycles. The van der Waals surface area contributed by atoms with E-state index in [1.54, 1.807) is 0 Å². The zero-order valence-corrected chi connectivity index (χ0v) is 14.0. The highest BCUT2D eigenvalue weighted by Gasteiger charge is 2.34. The lowest BCUT2D eigenvalue weighted by Gasteiger charge is -2.29. The van der Waals surface area contributed by atoms with Gasteiger partial charge in [-0.05, 0) is 17.2 Å². The number of azide groups is 1. The third-order valence-electron chi connectivity index (χ3n) is 3.44. The highest BCUT2D eigenvalue weighted by molar-refractivity contribution is 6.31. The van der Waals surface area contributed by atoms with Crippen LogP contribution in [0, 0.1) is 5.82 Å². The standard InChI is InChI=1S/C14H17ClF3N5O2/c1-23(10(7-24)5-14(17,18)8-21-22-19)13(25)20-6-9-3-2-4-11(16)12(9)15/h2-4,10,24H,5-8H2,1H3,(H,20,25). The first-order valence-electron chi connectivity index (χ1n) is 7.15. The molecule has 0 aromatic heterocycles. The Morgan fingerprint density at radius 3 is 2.84 bits per heavy atom. The fourth-order valence-electron chi connectivity index (χ4n) is 2.01. The molecule has 1 atom stereocenters. The van der Waals surface area contributed by atoms with Gasteiger partial charge in [0.15, 0.2) is 0 Å². The van der Waals surface area contributed by atoms with Gasteiger partial charge < -0.3 is 15.3 Å². The maximum absolute atomic E-state index is 13.6. The lowest BCUT2D eigenvalue weighted by atomic mass is 10.1. The van der Waals surface area contributed by atoms with Crippen LogP contribution in [0.5, 0.6) is 0 Å². The first-order chi connectivity index (χ1) is 11.7. The highest BCUT2D eigenvalue weighted by Crippen LogP contribution is 2.23. The number of benzene rings is 1. The van der Waals surface area contributed by atoms with Gasteiger partial charge >= 0.3 is 6.03 Å². The van der Waals surface area contributed by atoms with Crippen molar-refractivity contribution in [3.05, 3.63) is 45.0 Å². The maximum Gasteiger partial charge on any atom is 0.317 e. The largest absolute Gasteiger partial charge is 0.394 e. The van der Waals surface area contributed by atoms with Crippen molar-refractivity contribution >= 4 is 17.6 Å². The van der Waals surface area contributed by atoms with E-state index in [-0.39, 0.29) is 11.6 Å². The van der Waals surface area contributed by atoms with E-state index in [1.807, 2.05) is 0 Å². The molecule has 0 aliphatic carbocycles. The van der Waals surface area contributed by atoms with Crippen molar-refractivity contribution in [1.82, 2.24) is 10.2 Å². The van der Waals surface area contributed by atoms with Crippen molar-refractivity contribution in [3.63, 3.8) is 0 Å². The van der Waals surface area contributed by atoms with E-state index in [1.165, 1.54) is 19.2 Å². The molecule has 138 valence electrons. The molecule has 0 aliphatic heterocycles. The van der Waals surface area contributed by atoms with Crippen LogP contribution >= 0.6 is 11.6 Å². The number of halogens is 4. The van der Waals surface area contributed by atoms with E-state index in [4.69, 9.17) is 17.1 Å². The minimum absolute atomic E-state index is 0.118. The van der Waals surface area contributed by atoms with E-state index in [0.29, 0.717) is 5.56 Å². The molecule has 2 N–H and O–H groups in total. The van der Waals surface area contributed by atoms with Gasteiger partial charge in [-0.2, -0.15) is 0 Å². The Balaban J connectivity index is 2.69. The van der Waals surface area contributed by atoms with Gasteiger partial charge in [0.25, 0.3) is 5.92 Å². The van der Waals surface area contributed by atoms with Gasteiger partial charge in [-0.3, -0.25) is 0 Å². The van der Waals surface area contributed by atoms with E-state index >= 15 is 0 Å². The van der Waals surface area contributed by atoms with Crippen LogP contribution in [-0.2, 0) is 6.54 Å².